The van der Waals surface area contributed by atoms with Gasteiger partial charge in [-0.3, -0.25) is 0 Å². The zero-order valence-corrected chi connectivity index (χ0v) is 10.6. The highest BCUT2D eigenvalue weighted by Gasteiger charge is 2.23. The maximum Gasteiger partial charge on any atom is 0.162 e. The van der Waals surface area contributed by atoms with Crippen molar-refractivity contribution in [3.63, 3.8) is 0 Å². The largest absolute Gasteiger partial charge is 0.397 e. The van der Waals surface area contributed by atoms with Crippen LogP contribution < -0.4 is 5.73 Å². The first kappa shape index (κ1) is 11.6. The second-order valence-electron chi connectivity index (χ2n) is 5.23. The number of nitrogen functional groups attached to an aromatic ring is 1. The van der Waals surface area contributed by atoms with Gasteiger partial charge >= 0.3 is 0 Å². The third-order valence-corrected chi connectivity index (χ3v) is 2.55. The minimum absolute atomic E-state index is 0.124. The lowest BCUT2D eigenvalue weighted by molar-refractivity contribution is 0.526. The van der Waals surface area contributed by atoms with E-state index in [-0.39, 0.29) is 5.41 Å². The van der Waals surface area contributed by atoms with Crippen LogP contribution in [-0.2, 0) is 5.41 Å². The van der Waals surface area contributed by atoms with E-state index in [0.29, 0.717) is 5.69 Å². The molecule has 0 unspecified atom stereocenters. The summed E-state index contributed by atoms with van der Waals surface area (Å²) < 4.78 is 1.70. The summed E-state index contributed by atoms with van der Waals surface area (Å²) in [5, 5.41) is 11.8. The Hall–Kier alpha value is -1.91. The van der Waals surface area contributed by atoms with E-state index in [1.807, 2.05) is 25.1 Å². The maximum atomic E-state index is 6.01. The van der Waals surface area contributed by atoms with Crippen LogP contribution in [0.15, 0.2) is 18.2 Å². The van der Waals surface area contributed by atoms with E-state index in [4.69, 9.17) is 5.73 Å². The van der Waals surface area contributed by atoms with E-state index in [1.54, 1.807) is 4.68 Å². The summed E-state index contributed by atoms with van der Waals surface area (Å²) in [6, 6.07) is 5.86. The lowest BCUT2D eigenvalue weighted by atomic mass is 9.95. The van der Waals surface area contributed by atoms with Gasteiger partial charge in [0, 0.05) is 5.41 Å². The molecule has 0 aliphatic rings. The summed E-state index contributed by atoms with van der Waals surface area (Å²) in [7, 11) is 0. The molecule has 0 bridgehead atoms. The molecule has 0 saturated heterocycles. The van der Waals surface area contributed by atoms with Crippen LogP contribution in [0.3, 0.4) is 0 Å². The molecule has 2 rings (SSSR count). The van der Waals surface area contributed by atoms with E-state index < -0.39 is 0 Å². The monoisotopic (exact) mass is 231 g/mol. The first-order chi connectivity index (χ1) is 7.89. The number of anilines is 1. The van der Waals surface area contributed by atoms with Gasteiger partial charge < -0.3 is 5.73 Å². The van der Waals surface area contributed by atoms with Crippen LogP contribution in [-0.4, -0.2) is 20.2 Å². The molecule has 0 atom stereocenters. The minimum Gasteiger partial charge on any atom is -0.397 e. The molecule has 2 N–H and O–H groups in total. The SMILES string of the molecule is Cc1ccc(-n2nnnc2C(C)(C)C)c(N)c1. The van der Waals surface area contributed by atoms with Crippen LogP contribution in [0.25, 0.3) is 5.69 Å². The molecule has 0 aliphatic heterocycles. The van der Waals surface area contributed by atoms with Crippen LogP contribution in [0.2, 0.25) is 0 Å². The van der Waals surface area contributed by atoms with Crippen molar-refractivity contribution in [2.75, 3.05) is 5.73 Å². The van der Waals surface area contributed by atoms with Gasteiger partial charge in [0.25, 0.3) is 0 Å². The predicted octanol–water partition coefficient (Wildman–Crippen LogP) is 1.85. The van der Waals surface area contributed by atoms with E-state index in [1.165, 1.54) is 0 Å². The number of benzene rings is 1. The highest BCUT2D eigenvalue weighted by Crippen LogP contribution is 2.24. The number of rotatable bonds is 1. The number of hydrogen-bond acceptors (Lipinski definition) is 4. The summed E-state index contributed by atoms with van der Waals surface area (Å²) in [6.45, 7) is 8.21. The van der Waals surface area contributed by atoms with E-state index in [0.717, 1.165) is 17.1 Å². The van der Waals surface area contributed by atoms with Gasteiger partial charge in [0.15, 0.2) is 5.82 Å². The average Bonchev–Trinajstić information content (AvgIpc) is 2.65. The lowest BCUT2D eigenvalue weighted by Gasteiger charge is -2.17. The summed E-state index contributed by atoms with van der Waals surface area (Å²) in [6.07, 6.45) is 0. The fraction of sp³-hybridized carbons (Fsp3) is 0.417. The second-order valence-corrected chi connectivity index (χ2v) is 5.23. The van der Waals surface area contributed by atoms with Crippen molar-refractivity contribution in [3.05, 3.63) is 29.6 Å². The maximum absolute atomic E-state index is 6.01. The Morgan fingerprint density at radius 3 is 2.53 bits per heavy atom. The molecule has 0 amide bonds. The Morgan fingerprint density at radius 2 is 1.94 bits per heavy atom. The summed E-state index contributed by atoms with van der Waals surface area (Å²) >= 11 is 0. The van der Waals surface area contributed by atoms with Crippen LogP contribution in [0.1, 0.15) is 32.2 Å². The van der Waals surface area contributed by atoms with Crippen molar-refractivity contribution < 1.29 is 0 Å². The molecular weight excluding hydrogens is 214 g/mol. The van der Waals surface area contributed by atoms with Crippen molar-refractivity contribution in [2.24, 2.45) is 0 Å². The van der Waals surface area contributed by atoms with Gasteiger partial charge in [-0.2, -0.15) is 4.68 Å². The van der Waals surface area contributed by atoms with Crippen molar-refractivity contribution in [3.8, 4) is 5.69 Å². The van der Waals surface area contributed by atoms with Crippen LogP contribution in [0.5, 0.6) is 0 Å². The van der Waals surface area contributed by atoms with Crippen molar-refractivity contribution in [1.82, 2.24) is 20.2 Å². The summed E-state index contributed by atoms with van der Waals surface area (Å²) in [5.41, 5.74) is 8.51. The van der Waals surface area contributed by atoms with Crippen LogP contribution >= 0.6 is 0 Å². The Bertz CT molecular complexity index is 536. The standard InChI is InChI=1S/C12H17N5/c1-8-5-6-10(9(13)7-8)17-11(12(2,3)4)14-15-16-17/h5-7H,13H2,1-4H3. The number of aromatic nitrogens is 4. The molecule has 5 nitrogen and oxygen atoms in total. The van der Waals surface area contributed by atoms with Gasteiger partial charge in [-0.1, -0.05) is 26.8 Å². The number of hydrogen-bond donors (Lipinski definition) is 1. The smallest absolute Gasteiger partial charge is 0.162 e. The molecule has 1 aromatic heterocycles. The second kappa shape index (κ2) is 3.84. The Labute approximate surface area is 101 Å². The average molecular weight is 231 g/mol. The molecule has 5 heteroatoms. The Kier molecular flexibility index (Phi) is 2.61. The fourth-order valence-electron chi connectivity index (χ4n) is 1.68. The zero-order valence-electron chi connectivity index (χ0n) is 10.6. The van der Waals surface area contributed by atoms with Crippen LogP contribution in [0.4, 0.5) is 5.69 Å². The molecular formula is C12H17N5. The molecule has 17 heavy (non-hydrogen) atoms. The van der Waals surface area contributed by atoms with Gasteiger partial charge in [0.2, 0.25) is 0 Å². The predicted molar refractivity (Wildman–Crippen MR) is 67.0 cm³/mol. The first-order valence-electron chi connectivity index (χ1n) is 5.55. The van der Waals surface area contributed by atoms with Crippen molar-refractivity contribution in [1.29, 1.82) is 0 Å². The molecule has 0 saturated carbocycles. The molecule has 1 aromatic carbocycles. The minimum atomic E-state index is -0.124. The summed E-state index contributed by atoms with van der Waals surface area (Å²) in [4.78, 5) is 0. The highest BCUT2D eigenvalue weighted by atomic mass is 15.5. The van der Waals surface area contributed by atoms with Gasteiger partial charge in [-0.15, -0.1) is 5.10 Å². The fourth-order valence-corrected chi connectivity index (χ4v) is 1.68. The van der Waals surface area contributed by atoms with Gasteiger partial charge in [0.1, 0.15) is 0 Å². The van der Waals surface area contributed by atoms with Crippen LogP contribution in [0, 0.1) is 6.92 Å². The summed E-state index contributed by atoms with van der Waals surface area (Å²) in [5.74, 6) is 0.799. The van der Waals surface area contributed by atoms with Gasteiger partial charge in [-0.25, -0.2) is 0 Å². The number of nitrogens with two attached hydrogens (primary N) is 1. The Balaban J connectivity index is 2.58. The number of tetrazole rings is 1. The van der Waals surface area contributed by atoms with Gasteiger partial charge in [0.05, 0.1) is 11.4 Å². The van der Waals surface area contributed by atoms with E-state index in [9.17, 15) is 0 Å². The van der Waals surface area contributed by atoms with Gasteiger partial charge in [-0.05, 0) is 35.0 Å². The molecule has 2 aromatic rings. The number of nitrogens with zero attached hydrogens (tertiary/aromatic N) is 4. The van der Waals surface area contributed by atoms with Crippen molar-refractivity contribution in [2.45, 2.75) is 33.1 Å². The Morgan fingerprint density at radius 1 is 1.24 bits per heavy atom. The lowest BCUT2D eigenvalue weighted by Crippen LogP contribution is -2.19. The third-order valence-electron chi connectivity index (χ3n) is 2.55. The van der Waals surface area contributed by atoms with Crippen molar-refractivity contribution >= 4 is 5.69 Å². The van der Waals surface area contributed by atoms with E-state index >= 15 is 0 Å². The molecule has 0 aliphatic carbocycles. The zero-order chi connectivity index (χ0) is 12.6. The normalized spacial score (nSPS) is 11.8. The number of aryl methyl sites for hydroxylation is 1. The van der Waals surface area contributed by atoms with E-state index in [2.05, 4.69) is 36.3 Å². The third kappa shape index (κ3) is 2.13. The molecule has 0 spiro atoms. The molecule has 1 heterocycles. The first-order valence-corrected chi connectivity index (χ1v) is 5.55. The topological polar surface area (TPSA) is 69.6 Å². The molecule has 0 radical (unpaired) electrons. The highest BCUT2D eigenvalue weighted by molar-refractivity contribution is 5.59. The molecule has 90 valence electrons. The quantitative estimate of drug-likeness (QED) is 0.760. The molecule has 0 fully saturated rings.